The fourth-order valence-electron chi connectivity index (χ4n) is 3.89. The third-order valence-corrected chi connectivity index (χ3v) is 5.59. The Morgan fingerprint density at radius 3 is 2.52 bits per heavy atom. The number of carbonyl (C=O) groups excluding carboxylic acids is 2. The van der Waals surface area contributed by atoms with Crippen molar-refractivity contribution < 1.29 is 19.1 Å². The number of ether oxygens (including phenoxy) is 2. The molecule has 3 rings (SSSR count). The van der Waals surface area contributed by atoms with Crippen molar-refractivity contribution in [2.24, 2.45) is 5.92 Å². The summed E-state index contributed by atoms with van der Waals surface area (Å²) < 4.78 is 10.1. The van der Waals surface area contributed by atoms with Crippen LogP contribution in [0.4, 0.5) is 5.82 Å². The number of aromatic nitrogens is 2. The molecule has 0 bridgehead atoms. The number of anilines is 1. The smallest absolute Gasteiger partial charge is 0.320 e. The second kappa shape index (κ2) is 10.4. The molecule has 2 fully saturated rings. The molecule has 29 heavy (non-hydrogen) atoms. The molecule has 3 heterocycles. The van der Waals surface area contributed by atoms with Gasteiger partial charge in [0.25, 0.3) is 0 Å². The van der Waals surface area contributed by atoms with Crippen LogP contribution in [-0.4, -0.2) is 91.2 Å². The van der Waals surface area contributed by atoms with Gasteiger partial charge in [0.05, 0.1) is 20.3 Å². The van der Waals surface area contributed by atoms with Gasteiger partial charge < -0.3 is 19.3 Å². The van der Waals surface area contributed by atoms with E-state index in [4.69, 9.17) is 9.47 Å². The van der Waals surface area contributed by atoms with E-state index in [0.717, 1.165) is 44.8 Å². The molecule has 9 heteroatoms. The Balaban J connectivity index is 1.39. The van der Waals surface area contributed by atoms with Crippen LogP contribution in [0.3, 0.4) is 0 Å². The van der Waals surface area contributed by atoms with Crippen LogP contribution in [0.15, 0.2) is 12.3 Å². The van der Waals surface area contributed by atoms with Gasteiger partial charge in [0.2, 0.25) is 5.91 Å². The molecule has 0 unspecified atom stereocenters. The lowest BCUT2D eigenvalue weighted by Gasteiger charge is -2.36. The third-order valence-electron chi connectivity index (χ3n) is 5.59. The molecular formula is C20H31N5O4. The van der Waals surface area contributed by atoms with Gasteiger partial charge in [-0.2, -0.15) is 4.98 Å². The molecule has 2 saturated heterocycles. The molecule has 2 aliphatic rings. The minimum atomic E-state index is -0.194. The van der Waals surface area contributed by atoms with E-state index < -0.39 is 0 Å². The molecule has 0 N–H and O–H groups in total. The standard InChI is InChI=1S/C20H31N5O4/c1-3-29-19(27)15-23-10-12-25(13-11-23)18(26)14-16-5-8-24(9-6-16)17-4-7-21-20(22-17)28-2/h4,7,16H,3,5-6,8-15H2,1-2H3. The van der Waals surface area contributed by atoms with E-state index in [1.807, 2.05) is 17.9 Å². The molecule has 0 radical (unpaired) electrons. The van der Waals surface area contributed by atoms with Crippen molar-refractivity contribution in [3.63, 3.8) is 0 Å². The topological polar surface area (TPSA) is 88.1 Å². The van der Waals surface area contributed by atoms with Gasteiger partial charge in [-0.15, -0.1) is 0 Å². The number of hydrogen-bond acceptors (Lipinski definition) is 8. The molecule has 0 aromatic carbocycles. The first kappa shape index (κ1) is 21.3. The summed E-state index contributed by atoms with van der Waals surface area (Å²) in [4.78, 5) is 38.9. The first-order valence-electron chi connectivity index (χ1n) is 10.4. The lowest BCUT2D eigenvalue weighted by molar-refractivity contribution is -0.145. The van der Waals surface area contributed by atoms with E-state index in [1.54, 1.807) is 13.3 Å². The van der Waals surface area contributed by atoms with Gasteiger partial charge in [0.15, 0.2) is 0 Å². The fourth-order valence-corrected chi connectivity index (χ4v) is 3.89. The van der Waals surface area contributed by atoms with E-state index in [0.29, 0.717) is 44.6 Å². The van der Waals surface area contributed by atoms with Crippen molar-refractivity contribution in [1.82, 2.24) is 19.8 Å². The molecule has 2 aliphatic heterocycles. The summed E-state index contributed by atoms with van der Waals surface area (Å²) >= 11 is 0. The summed E-state index contributed by atoms with van der Waals surface area (Å²) in [5.41, 5.74) is 0. The van der Waals surface area contributed by atoms with Crippen molar-refractivity contribution >= 4 is 17.7 Å². The summed E-state index contributed by atoms with van der Waals surface area (Å²) in [6.45, 7) is 7.08. The zero-order chi connectivity index (χ0) is 20.6. The number of carbonyl (C=O) groups is 2. The van der Waals surface area contributed by atoms with Gasteiger partial charge in [-0.1, -0.05) is 0 Å². The normalized spacial score (nSPS) is 18.6. The minimum Gasteiger partial charge on any atom is -0.467 e. The van der Waals surface area contributed by atoms with Crippen LogP contribution in [0.1, 0.15) is 26.2 Å². The van der Waals surface area contributed by atoms with Crippen molar-refractivity contribution in [1.29, 1.82) is 0 Å². The van der Waals surface area contributed by atoms with Crippen molar-refractivity contribution in [2.45, 2.75) is 26.2 Å². The zero-order valence-electron chi connectivity index (χ0n) is 17.4. The Bertz CT molecular complexity index is 685. The van der Waals surface area contributed by atoms with E-state index in [9.17, 15) is 9.59 Å². The number of nitrogens with zero attached hydrogens (tertiary/aromatic N) is 5. The second-order valence-electron chi connectivity index (χ2n) is 7.50. The SMILES string of the molecule is CCOC(=O)CN1CCN(C(=O)CC2CCN(c3ccnc(OC)n3)CC2)CC1. The molecule has 0 spiro atoms. The molecule has 9 nitrogen and oxygen atoms in total. The van der Waals surface area contributed by atoms with Crippen molar-refractivity contribution in [3.8, 4) is 6.01 Å². The van der Waals surface area contributed by atoms with Crippen molar-refractivity contribution in [2.75, 3.05) is 64.4 Å². The second-order valence-corrected chi connectivity index (χ2v) is 7.50. The highest BCUT2D eigenvalue weighted by molar-refractivity contribution is 5.76. The van der Waals surface area contributed by atoms with Crippen LogP contribution in [0.2, 0.25) is 0 Å². The van der Waals surface area contributed by atoms with Gasteiger partial charge in [-0.3, -0.25) is 14.5 Å². The van der Waals surface area contributed by atoms with Crippen LogP contribution in [0.5, 0.6) is 6.01 Å². The highest BCUT2D eigenvalue weighted by Gasteiger charge is 2.27. The molecule has 1 amide bonds. The average molecular weight is 405 g/mol. The van der Waals surface area contributed by atoms with Crippen LogP contribution >= 0.6 is 0 Å². The summed E-state index contributed by atoms with van der Waals surface area (Å²) in [6.07, 6.45) is 4.25. The Hall–Kier alpha value is -2.42. The highest BCUT2D eigenvalue weighted by atomic mass is 16.5. The first-order chi connectivity index (χ1) is 14.1. The van der Waals surface area contributed by atoms with Gasteiger partial charge in [0, 0.05) is 51.9 Å². The lowest BCUT2D eigenvalue weighted by atomic mass is 9.93. The van der Waals surface area contributed by atoms with Crippen molar-refractivity contribution in [3.05, 3.63) is 12.3 Å². The number of amides is 1. The lowest BCUT2D eigenvalue weighted by Crippen LogP contribution is -2.50. The minimum absolute atomic E-state index is 0.194. The molecule has 0 aliphatic carbocycles. The number of piperidine rings is 1. The molecule has 1 aromatic heterocycles. The van der Waals surface area contributed by atoms with Crippen LogP contribution in [-0.2, 0) is 14.3 Å². The molecular weight excluding hydrogens is 374 g/mol. The Kier molecular flexibility index (Phi) is 7.62. The molecule has 0 atom stereocenters. The van der Waals surface area contributed by atoms with E-state index >= 15 is 0 Å². The van der Waals surface area contributed by atoms with Crippen LogP contribution < -0.4 is 9.64 Å². The van der Waals surface area contributed by atoms with Crippen LogP contribution in [0, 0.1) is 5.92 Å². The Morgan fingerprint density at radius 1 is 1.14 bits per heavy atom. The maximum Gasteiger partial charge on any atom is 0.320 e. The molecule has 1 aromatic rings. The fraction of sp³-hybridized carbons (Fsp3) is 0.700. The number of rotatable bonds is 7. The first-order valence-corrected chi connectivity index (χ1v) is 10.4. The highest BCUT2D eigenvalue weighted by Crippen LogP contribution is 2.25. The van der Waals surface area contributed by atoms with Gasteiger partial charge in [-0.25, -0.2) is 4.98 Å². The predicted octanol–water partition coefficient (Wildman–Crippen LogP) is 0.799. The van der Waals surface area contributed by atoms with Crippen LogP contribution in [0.25, 0.3) is 0 Å². The number of methoxy groups -OCH3 is 1. The molecule has 0 saturated carbocycles. The number of hydrogen-bond donors (Lipinski definition) is 0. The Morgan fingerprint density at radius 2 is 1.86 bits per heavy atom. The molecule has 160 valence electrons. The summed E-state index contributed by atoms with van der Waals surface area (Å²) in [6, 6.07) is 2.27. The Labute approximate surface area is 172 Å². The van der Waals surface area contributed by atoms with E-state index in [2.05, 4.69) is 19.8 Å². The quantitative estimate of drug-likeness (QED) is 0.616. The van der Waals surface area contributed by atoms with Gasteiger partial charge >= 0.3 is 12.0 Å². The largest absolute Gasteiger partial charge is 0.467 e. The number of piperazine rings is 1. The summed E-state index contributed by atoms with van der Waals surface area (Å²) in [5.74, 6) is 1.31. The maximum atomic E-state index is 12.7. The number of esters is 1. The summed E-state index contributed by atoms with van der Waals surface area (Å²) in [5, 5.41) is 0. The third kappa shape index (κ3) is 6.03. The maximum absolute atomic E-state index is 12.7. The summed E-state index contributed by atoms with van der Waals surface area (Å²) in [7, 11) is 1.56. The monoisotopic (exact) mass is 405 g/mol. The van der Waals surface area contributed by atoms with Gasteiger partial charge in [0.1, 0.15) is 5.82 Å². The van der Waals surface area contributed by atoms with E-state index in [1.165, 1.54) is 0 Å². The zero-order valence-corrected chi connectivity index (χ0v) is 17.4. The average Bonchev–Trinajstić information content (AvgIpc) is 2.75. The van der Waals surface area contributed by atoms with E-state index in [-0.39, 0.29) is 11.9 Å². The van der Waals surface area contributed by atoms with Gasteiger partial charge in [-0.05, 0) is 31.7 Å². The predicted molar refractivity (Wildman–Crippen MR) is 108 cm³/mol.